The lowest BCUT2D eigenvalue weighted by Gasteiger charge is -2.17. The van der Waals surface area contributed by atoms with E-state index in [0.717, 1.165) is 17.8 Å². The predicted molar refractivity (Wildman–Crippen MR) is 68.7 cm³/mol. The monoisotopic (exact) mass is 230 g/mol. The minimum atomic E-state index is 0.183. The summed E-state index contributed by atoms with van der Waals surface area (Å²) in [6.07, 6.45) is 3.94. The average Bonchev–Trinajstić information content (AvgIpc) is 2.63. The standard InChI is InChI=1S/C14H18N2O/c1-11-4-5-13(12(2)8-11)14(17)9-16-7-6-15(3)10-16/h4-8H,9-10H2,1-3H3. The number of benzene rings is 1. The van der Waals surface area contributed by atoms with Gasteiger partial charge in [0.25, 0.3) is 0 Å². The normalized spacial score (nSPS) is 14.5. The van der Waals surface area contributed by atoms with Crippen molar-refractivity contribution in [3.8, 4) is 0 Å². The second-order valence-electron chi connectivity index (χ2n) is 4.68. The predicted octanol–water partition coefficient (Wildman–Crippen LogP) is 2.16. The Labute approximate surface area is 102 Å². The van der Waals surface area contributed by atoms with Gasteiger partial charge in [-0.1, -0.05) is 23.8 Å². The zero-order chi connectivity index (χ0) is 12.4. The van der Waals surface area contributed by atoms with Crippen molar-refractivity contribution in [2.75, 3.05) is 20.3 Å². The van der Waals surface area contributed by atoms with Crippen LogP contribution < -0.4 is 0 Å². The summed E-state index contributed by atoms with van der Waals surface area (Å²) in [6.45, 7) is 5.27. The van der Waals surface area contributed by atoms with Crippen LogP contribution in [0, 0.1) is 13.8 Å². The van der Waals surface area contributed by atoms with E-state index in [1.54, 1.807) is 0 Å². The van der Waals surface area contributed by atoms with Crippen molar-refractivity contribution in [3.63, 3.8) is 0 Å². The van der Waals surface area contributed by atoms with Gasteiger partial charge in [-0.15, -0.1) is 0 Å². The molecule has 1 aromatic rings. The minimum absolute atomic E-state index is 0.183. The Morgan fingerprint density at radius 3 is 2.65 bits per heavy atom. The number of hydrogen-bond donors (Lipinski definition) is 0. The molecule has 0 saturated heterocycles. The molecule has 0 aromatic heterocycles. The van der Waals surface area contributed by atoms with E-state index in [0.29, 0.717) is 6.54 Å². The Balaban J connectivity index is 2.07. The van der Waals surface area contributed by atoms with Crippen LogP contribution in [0.5, 0.6) is 0 Å². The largest absolute Gasteiger partial charge is 0.362 e. The van der Waals surface area contributed by atoms with E-state index in [9.17, 15) is 4.79 Å². The molecule has 0 N–H and O–H groups in total. The first-order chi connectivity index (χ1) is 8.06. The number of rotatable bonds is 3. The van der Waals surface area contributed by atoms with E-state index >= 15 is 0 Å². The van der Waals surface area contributed by atoms with E-state index in [2.05, 4.69) is 11.0 Å². The molecule has 17 heavy (non-hydrogen) atoms. The Bertz CT molecular complexity index is 465. The molecule has 0 fully saturated rings. The SMILES string of the molecule is Cc1ccc(C(=O)CN2C=CN(C)C2)c(C)c1. The van der Waals surface area contributed by atoms with Gasteiger partial charge in [-0.25, -0.2) is 0 Å². The van der Waals surface area contributed by atoms with Crippen molar-refractivity contribution >= 4 is 5.78 Å². The molecule has 1 aliphatic heterocycles. The van der Waals surface area contributed by atoms with Gasteiger partial charge < -0.3 is 9.80 Å². The van der Waals surface area contributed by atoms with Crippen LogP contribution in [0.3, 0.4) is 0 Å². The molecular formula is C14H18N2O. The lowest BCUT2D eigenvalue weighted by atomic mass is 10.0. The minimum Gasteiger partial charge on any atom is -0.362 e. The summed E-state index contributed by atoms with van der Waals surface area (Å²) >= 11 is 0. The van der Waals surface area contributed by atoms with Crippen molar-refractivity contribution in [2.24, 2.45) is 0 Å². The summed E-state index contributed by atoms with van der Waals surface area (Å²) < 4.78 is 0. The summed E-state index contributed by atoms with van der Waals surface area (Å²) in [4.78, 5) is 16.2. The molecule has 1 heterocycles. The molecule has 3 nitrogen and oxygen atoms in total. The van der Waals surface area contributed by atoms with Crippen LogP contribution in [0.4, 0.5) is 0 Å². The highest BCUT2D eigenvalue weighted by atomic mass is 16.1. The molecule has 0 spiro atoms. The summed E-state index contributed by atoms with van der Waals surface area (Å²) in [7, 11) is 2.00. The summed E-state index contributed by atoms with van der Waals surface area (Å²) in [6, 6.07) is 5.97. The van der Waals surface area contributed by atoms with Crippen molar-refractivity contribution in [1.29, 1.82) is 0 Å². The number of hydrogen-bond acceptors (Lipinski definition) is 3. The van der Waals surface area contributed by atoms with Gasteiger partial charge in [0.2, 0.25) is 0 Å². The van der Waals surface area contributed by atoms with Gasteiger partial charge in [0.1, 0.15) is 0 Å². The second kappa shape index (κ2) is 4.62. The third kappa shape index (κ3) is 2.67. The molecule has 0 amide bonds. The lowest BCUT2D eigenvalue weighted by molar-refractivity contribution is 0.0948. The van der Waals surface area contributed by atoms with Crippen LogP contribution in [0.25, 0.3) is 0 Å². The number of Topliss-reactive ketones (excluding diaryl/α,β-unsaturated/α-hetero) is 1. The Kier molecular flexibility index (Phi) is 3.18. The Hall–Kier alpha value is -1.77. The third-order valence-electron chi connectivity index (χ3n) is 2.97. The van der Waals surface area contributed by atoms with Crippen molar-refractivity contribution in [2.45, 2.75) is 13.8 Å². The third-order valence-corrected chi connectivity index (χ3v) is 2.97. The van der Waals surface area contributed by atoms with Gasteiger partial charge in [-0.05, 0) is 19.4 Å². The van der Waals surface area contributed by atoms with E-state index in [1.807, 2.05) is 50.3 Å². The van der Waals surface area contributed by atoms with Crippen LogP contribution in [0.1, 0.15) is 21.5 Å². The number of carbonyl (C=O) groups is 1. The van der Waals surface area contributed by atoms with Crippen LogP contribution in [0.15, 0.2) is 30.6 Å². The summed E-state index contributed by atoms with van der Waals surface area (Å²) in [5.74, 6) is 0.183. The van der Waals surface area contributed by atoms with Crippen molar-refractivity contribution in [3.05, 3.63) is 47.3 Å². The number of aryl methyl sites for hydroxylation is 2. The van der Waals surface area contributed by atoms with E-state index < -0.39 is 0 Å². The molecule has 0 unspecified atom stereocenters. The fourth-order valence-corrected chi connectivity index (χ4v) is 2.09. The molecule has 3 heteroatoms. The highest BCUT2D eigenvalue weighted by Gasteiger charge is 2.15. The molecule has 0 atom stereocenters. The van der Waals surface area contributed by atoms with Crippen molar-refractivity contribution in [1.82, 2.24) is 9.80 Å². The van der Waals surface area contributed by atoms with Gasteiger partial charge in [-0.3, -0.25) is 4.79 Å². The molecular weight excluding hydrogens is 212 g/mol. The topological polar surface area (TPSA) is 23.6 Å². The first-order valence-electron chi connectivity index (χ1n) is 5.79. The van der Waals surface area contributed by atoms with Gasteiger partial charge in [0.05, 0.1) is 13.2 Å². The Morgan fingerprint density at radius 2 is 2.06 bits per heavy atom. The fraction of sp³-hybridized carbons (Fsp3) is 0.357. The average molecular weight is 230 g/mol. The smallest absolute Gasteiger partial charge is 0.182 e. The van der Waals surface area contributed by atoms with Crippen LogP contribution >= 0.6 is 0 Å². The van der Waals surface area contributed by atoms with Gasteiger partial charge in [-0.2, -0.15) is 0 Å². The molecule has 0 bridgehead atoms. The molecule has 1 aromatic carbocycles. The number of nitrogens with zero attached hydrogens (tertiary/aromatic N) is 2. The fourth-order valence-electron chi connectivity index (χ4n) is 2.09. The first-order valence-corrected chi connectivity index (χ1v) is 5.79. The van der Waals surface area contributed by atoms with Gasteiger partial charge in [0.15, 0.2) is 5.78 Å². The molecule has 1 aliphatic rings. The van der Waals surface area contributed by atoms with E-state index in [-0.39, 0.29) is 5.78 Å². The number of carbonyl (C=O) groups excluding carboxylic acids is 1. The lowest BCUT2D eigenvalue weighted by Crippen LogP contribution is -2.28. The highest BCUT2D eigenvalue weighted by molar-refractivity contribution is 5.99. The van der Waals surface area contributed by atoms with Crippen LogP contribution in [-0.2, 0) is 0 Å². The van der Waals surface area contributed by atoms with Crippen LogP contribution in [-0.4, -0.2) is 35.8 Å². The van der Waals surface area contributed by atoms with E-state index in [4.69, 9.17) is 0 Å². The second-order valence-corrected chi connectivity index (χ2v) is 4.68. The highest BCUT2D eigenvalue weighted by Crippen LogP contribution is 2.13. The summed E-state index contributed by atoms with van der Waals surface area (Å²) in [5, 5.41) is 0. The van der Waals surface area contributed by atoms with Gasteiger partial charge >= 0.3 is 0 Å². The summed E-state index contributed by atoms with van der Waals surface area (Å²) in [5.41, 5.74) is 3.09. The zero-order valence-electron chi connectivity index (χ0n) is 10.6. The van der Waals surface area contributed by atoms with Gasteiger partial charge in [0, 0.05) is 25.0 Å². The quantitative estimate of drug-likeness (QED) is 0.743. The molecule has 2 rings (SSSR count). The number of ketones is 1. The van der Waals surface area contributed by atoms with Crippen LogP contribution in [0.2, 0.25) is 0 Å². The maximum atomic E-state index is 12.1. The molecule has 90 valence electrons. The Morgan fingerprint density at radius 1 is 1.29 bits per heavy atom. The first kappa shape index (κ1) is 11.7. The molecule has 0 aliphatic carbocycles. The maximum Gasteiger partial charge on any atom is 0.182 e. The molecule has 0 saturated carbocycles. The molecule has 0 radical (unpaired) electrons. The zero-order valence-corrected chi connectivity index (χ0v) is 10.6. The van der Waals surface area contributed by atoms with Crippen molar-refractivity contribution < 1.29 is 4.79 Å². The maximum absolute atomic E-state index is 12.1. The van der Waals surface area contributed by atoms with E-state index in [1.165, 1.54) is 5.56 Å².